The van der Waals surface area contributed by atoms with Crippen LogP contribution in [0.2, 0.25) is 0 Å². The van der Waals surface area contributed by atoms with Gasteiger partial charge in [-0.25, -0.2) is 18.6 Å². The van der Waals surface area contributed by atoms with Crippen molar-refractivity contribution in [3.05, 3.63) is 77.8 Å². The summed E-state index contributed by atoms with van der Waals surface area (Å²) < 4.78 is 33.4. The van der Waals surface area contributed by atoms with Crippen molar-refractivity contribution in [1.82, 2.24) is 15.2 Å². The Labute approximate surface area is 158 Å². The molecule has 8 heteroatoms. The molecular weight excluding hydrogens is 368 g/mol. The molecule has 1 aliphatic heterocycles. The molecule has 2 heterocycles. The summed E-state index contributed by atoms with van der Waals surface area (Å²) in [6.07, 6.45) is 1.49. The van der Waals surface area contributed by atoms with E-state index in [4.69, 9.17) is 4.42 Å². The lowest BCUT2D eigenvalue weighted by Crippen LogP contribution is -2.41. The monoisotopic (exact) mass is 383 g/mol. The molecule has 1 N–H and O–H groups in total. The molecule has 0 radical (unpaired) electrons. The Bertz CT molecular complexity index is 1070. The van der Waals surface area contributed by atoms with Crippen LogP contribution in [-0.2, 0) is 16.9 Å². The number of hydrogen-bond donors (Lipinski definition) is 1. The number of hydrogen-bond acceptors (Lipinski definition) is 4. The summed E-state index contributed by atoms with van der Waals surface area (Å²) in [5, 5.41) is 2.43. The minimum Gasteiger partial charge on any atom is -0.439 e. The largest absolute Gasteiger partial charge is 0.439 e. The number of aromatic nitrogens is 1. The molecule has 0 spiro atoms. The van der Waals surface area contributed by atoms with Crippen molar-refractivity contribution in [2.45, 2.75) is 19.0 Å². The van der Waals surface area contributed by atoms with Gasteiger partial charge in [-0.3, -0.25) is 9.69 Å². The number of urea groups is 1. The van der Waals surface area contributed by atoms with Gasteiger partial charge in [-0.1, -0.05) is 30.3 Å². The van der Waals surface area contributed by atoms with E-state index in [1.807, 2.05) is 30.3 Å². The first kappa shape index (κ1) is 17.8. The van der Waals surface area contributed by atoms with Crippen LogP contribution in [0.15, 0.2) is 59.1 Å². The Morgan fingerprint density at radius 3 is 2.64 bits per heavy atom. The summed E-state index contributed by atoms with van der Waals surface area (Å²) in [5.74, 6) is -1.59. The number of imide groups is 1. The van der Waals surface area contributed by atoms with E-state index in [2.05, 4.69) is 10.3 Å². The van der Waals surface area contributed by atoms with Crippen LogP contribution in [0, 0.1) is 11.6 Å². The Morgan fingerprint density at radius 2 is 1.89 bits per heavy atom. The number of nitrogens with zero attached hydrogens (tertiary/aromatic N) is 2. The quantitative estimate of drug-likeness (QED) is 0.699. The number of oxazole rings is 1. The number of nitrogens with one attached hydrogen (secondary N) is 1. The highest BCUT2D eigenvalue weighted by Crippen LogP contribution is 2.32. The Morgan fingerprint density at radius 1 is 1.14 bits per heavy atom. The van der Waals surface area contributed by atoms with Gasteiger partial charge in [0, 0.05) is 11.1 Å². The standard InChI is InChI=1S/C20H15F2N3O3/c1-20(14-9-13(21)7-8-15(14)22)18(26)25(19(27)24-20)11-17-23-10-16(28-17)12-5-3-2-4-6-12/h2-10H,11H2,1H3,(H,24,27). The lowest BCUT2D eigenvalue weighted by Gasteiger charge is -2.22. The zero-order valence-corrected chi connectivity index (χ0v) is 14.8. The van der Waals surface area contributed by atoms with Crippen LogP contribution in [0.5, 0.6) is 0 Å². The van der Waals surface area contributed by atoms with E-state index in [0.717, 1.165) is 28.7 Å². The molecule has 3 amide bonds. The summed E-state index contributed by atoms with van der Waals surface area (Å²) in [5.41, 5.74) is -1.17. The van der Waals surface area contributed by atoms with E-state index in [-0.39, 0.29) is 18.0 Å². The zero-order chi connectivity index (χ0) is 19.9. The average Bonchev–Trinajstić information content (AvgIpc) is 3.24. The summed E-state index contributed by atoms with van der Waals surface area (Å²) in [4.78, 5) is 30.2. The summed E-state index contributed by atoms with van der Waals surface area (Å²) in [6.45, 7) is 1.10. The maximum Gasteiger partial charge on any atom is 0.325 e. The van der Waals surface area contributed by atoms with Crippen molar-refractivity contribution < 1.29 is 22.8 Å². The van der Waals surface area contributed by atoms with Crippen LogP contribution in [0.1, 0.15) is 18.4 Å². The summed E-state index contributed by atoms with van der Waals surface area (Å²) in [6, 6.07) is 11.2. The van der Waals surface area contributed by atoms with Crippen molar-refractivity contribution >= 4 is 11.9 Å². The zero-order valence-electron chi connectivity index (χ0n) is 14.8. The predicted molar refractivity (Wildman–Crippen MR) is 94.7 cm³/mol. The van der Waals surface area contributed by atoms with Crippen molar-refractivity contribution in [2.75, 3.05) is 0 Å². The third-order valence-electron chi connectivity index (χ3n) is 4.65. The van der Waals surface area contributed by atoms with Crippen LogP contribution in [-0.4, -0.2) is 21.8 Å². The topological polar surface area (TPSA) is 75.4 Å². The van der Waals surface area contributed by atoms with E-state index in [0.29, 0.717) is 5.76 Å². The minimum absolute atomic E-state index is 0.145. The van der Waals surface area contributed by atoms with Gasteiger partial charge < -0.3 is 9.73 Å². The molecule has 0 bridgehead atoms. The second-order valence-corrected chi connectivity index (χ2v) is 6.55. The predicted octanol–water partition coefficient (Wildman–Crippen LogP) is 3.59. The molecule has 3 aromatic rings. The third kappa shape index (κ3) is 2.92. The molecular formula is C20H15F2N3O3. The first-order chi connectivity index (χ1) is 13.4. The molecule has 0 saturated carbocycles. The van der Waals surface area contributed by atoms with E-state index >= 15 is 0 Å². The first-order valence-corrected chi connectivity index (χ1v) is 8.48. The number of rotatable bonds is 4. The molecule has 4 rings (SSSR count). The Balaban J connectivity index is 1.60. The summed E-state index contributed by atoms with van der Waals surface area (Å²) >= 11 is 0. The minimum atomic E-state index is -1.72. The highest BCUT2D eigenvalue weighted by atomic mass is 19.1. The number of halogens is 2. The third-order valence-corrected chi connectivity index (χ3v) is 4.65. The molecule has 1 saturated heterocycles. The lowest BCUT2D eigenvalue weighted by atomic mass is 9.91. The van der Waals surface area contributed by atoms with Gasteiger partial charge in [-0.2, -0.15) is 0 Å². The number of carbonyl (C=O) groups is 2. The molecule has 142 valence electrons. The lowest BCUT2D eigenvalue weighted by molar-refractivity contribution is -0.131. The van der Waals surface area contributed by atoms with Gasteiger partial charge in [0.1, 0.15) is 23.7 Å². The fourth-order valence-electron chi connectivity index (χ4n) is 3.16. The normalized spacial score (nSPS) is 19.2. The molecule has 28 heavy (non-hydrogen) atoms. The van der Waals surface area contributed by atoms with Gasteiger partial charge in [0.05, 0.1) is 6.20 Å². The van der Waals surface area contributed by atoms with Gasteiger partial charge in [0.2, 0.25) is 5.89 Å². The fraction of sp³-hybridized carbons (Fsp3) is 0.150. The molecule has 1 atom stereocenters. The molecule has 1 aliphatic rings. The van der Waals surface area contributed by atoms with E-state index in [1.54, 1.807) is 0 Å². The fourth-order valence-corrected chi connectivity index (χ4v) is 3.16. The molecule has 1 aromatic heterocycles. The van der Waals surface area contributed by atoms with Crippen molar-refractivity contribution in [2.24, 2.45) is 0 Å². The van der Waals surface area contributed by atoms with E-state index in [9.17, 15) is 18.4 Å². The smallest absolute Gasteiger partial charge is 0.325 e. The molecule has 6 nitrogen and oxygen atoms in total. The Hall–Kier alpha value is -3.55. The second kappa shape index (κ2) is 6.56. The van der Waals surface area contributed by atoms with Gasteiger partial charge in [-0.15, -0.1) is 0 Å². The maximum atomic E-state index is 14.2. The molecule has 1 fully saturated rings. The van der Waals surface area contributed by atoms with Crippen molar-refractivity contribution in [1.29, 1.82) is 0 Å². The van der Waals surface area contributed by atoms with Crippen LogP contribution in [0.3, 0.4) is 0 Å². The van der Waals surface area contributed by atoms with Crippen LogP contribution >= 0.6 is 0 Å². The summed E-state index contributed by atoms with van der Waals surface area (Å²) in [7, 11) is 0. The van der Waals surface area contributed by atoms with Gasteiger partial charge in [0.15, 0.2) is 5.76 Å². The van der Waals surface area contributed by atoms with Crippen LogP contribution < -0.4 is 5.32 Å². The average molecular weight is 383 g/mol. The molecule has 0 aliphatic carbocycles. The highest BCUT2D eigenvalue weighted by molar-refractivity contribution is 6.07. The van der Waals surface area contributed by atoms with E-state index in [1.165, 1.54) is 13.1 Å². The van der Waals surface area contributed by atoms with Crippen LogP contribution in [0.25, 0.3) is 11.3 Å². The SMILES string of the molecule is CC1(c2cc(F)ccc2F)NC(=O)N(Cc2ncc(-c3ccccc3)o2)C1=O. The first-order valence-electron chi connectivity index (χ1n) is 8.48. The van der Waals surface area contributed by atoms with Crippen molar-refractivity contribution in [3.63, 3.8) is 0 Å². The second-order valence-electron chi connectivity index (χ2n) is 6.55. The van der Waals surface area contributed by atoms with Gasteiger partial charge in [-0.05, 0) is 25.1 Å². The van der Waals surface area contributed by atoms with Crippen molar-refractivity contribution in [3.8, 4) is 11.3 Å². The number of benzene rings is 2. The van der Waals surface area contributed by atoms with Gasteiger partial charge in [0.25, 0.3) is 5.91 Å². The molecule has 1 unspecified atom stereocenters. The Kier molecular flexibility index (Phi) is 4.18. The highest BCUT2D eigenvalue weighted by Gasteiger charge is 2.50. The maximum absolute atomic E-state index is 14.2. The van der Waals surface area contributed by atoms with Gasteiger partial charge >= 0.3 is 6.03 Å². The van der Waals surface area contributed by atoms with Crippen LogP contribution in [0.4, 0.5) is 13.6 Å². The molecule has 2 aromatic carbocycles. The van der Waals surface area contributed by atoms with E-state index < -0.39 is 29.1 Å². The number of amides is 3. The number of carbonyl (C=O) groups excluding carboxylic acids is 2.